The van der Waals surface area contributed by atoms with Gasteiger partial charge >= 0.3 is 12.0 Å². The number of amides is 2. The summed E-state index contributed by atoms with van der Waals surface area (Å²) in [5.74, 6) is -0.638. The van der Waals surface area contributed by atoms with Gasteiger partial charge in [-0.3, -0.25) is 9.69 Å². The molecule has 21 heavy (non-hydrogen) atoms. The SMILES string of the molecule is CC(C)CC(C)NC(=O)N(CC(=O)O)c1cccc(Cl)c1. The summed E-state index contributed by atoms with van der Waals surface area (Å²) in [6.45, 7) is 5.61. The van der Waals surface area contributed by atoms with Crippen molar-refractivity contribution in [2.45, 2.75) is 33.2 Å². The predicted molar refractivity (Wildman–Crippen MR) is 83.9 cm³/mol. The largest absolute Gasteiger partial charge is 0.480 e. The zero-order chi connectivity index (χ0) is 16.0. The number of hydrogen-bond donors (Lipinski definition) is 2. The number of nitrogens with zero attached hydrogens (tertiary/aromatic N) is 1. The standard InChI is InChI=1S/C15H21ClN2O3/c1-10(2)7-11(3)17-15(21)18(9-14(19)20)13-6-4-5-12(16)8-13/h4-6,8,10-11H,7,9H2,1-3H3,(H,17,21)(H,19,20). The fraction of sp³-hybridized carbons (Fsp3) is 0.467. The first-order valence-electron chi connectivity index (χ1n) is 6.85. The number of carbonyl (C=O) groups is 2. The number of carboxylic acids is 1. The Morgan fingerprint density at radius 3 is 2.52 bits per heavy atom. The zero-order valence-electron chi connectivity index (χ0n) is 12.5. The van der Waals surface area contributed by atoms with Gasteiger partial charge in [0.15, 0.2) is 0 Å². The lowest BCUT2D eigenvalue weighted by Gasteiger charge is -2.24. The quantitative estimate of drug-likeness (QED) is 0.846. The number of halogens is 1. The summed E-state index contributed by atoms with van der Waals surface area (Å²) in [6, 6.07) is 6.10. The molecule has 0 heterocycles. The lowest BCUT2D eigenvalue weighted by molar-refractivity contribution is -0.135. The molecule has 0 fully saturated rings. The topological polar surface area (TPSA) is 69.6 Å². The smallest absolute Gasteiger partial charge is 0.323 e. The number of nitrogens with one attached hydrogen (secondary N) is 1. The Hall–Kier alpha value is -1.75. The number of anilines is 1. The third-order valence-electron chi connectivity index (χ3n) is 2.85. The van der Waals surface area contributed by atoms with Crippen LogP contribution in [-0.2, 0) is 4.79 Å². The second-order valence-electron chi connectivity index (χ2n) is 5.44. The molecule has 0 spiro atoms. The van der Waals surface area contributed by atoms with Crippen LogP contribution in [0.15, 0.2) is 24.3 Å². The molecule has 1 unspecified atom stereocenters. The highest BCUT2D eigenvalue weighted by atomic mass is 35.5. The molecule has 0 saturated carbocycles. The van der Waals surface area contributed by atoms with Crippen molar-refractivity contribution in [2.75, 3.05) is 11.4 Å². The molecule has 1 aromatic carbocycles. The first kappa shape index (κ1) is 17.3. The van der Waals surface area contributed by atoms with Crippen molar-refractivity contribution in [2.24, 2.45) is 5.92 Å². The van der Waals surface area contributed by atoms with Gasteiger partial charge in [0.25, 0.3) is 0 Å². The van der Waals surface area contributed by atoms with Crippen LogP contribution in [0, 0.1) is 5.92 Å². The average molecular weight is 313 g/mol. The Balaban J connectivity index is 2.87. The highest BCUT2D eigenvalue weighted by Crippen LogP contribution is 2.19. The molecule has 0 saturated heterocycles. The molecule has 0 aliphatic heterocycles. The van der Waals surface area contributed by atoms with Crippen LogP contribution in [0.3, 0.4) is 0 Å². The number of rotatable bonds is 6. The molecule has 1 rings (SSSR count). The van der Waals surface area contributed by atoms with Gasteiger partial charge in [-0.1, -0.05) is 31.5 Å². The Morgan fingerprint density at radius 1 is 1.33 bits per heavy atom. The van der Waals surface area contributed by atoms with Crippen molar-refractivity contribution in [3.63, 3.8) is 0 Å². The molecule has 116 valence electrons. The summed E-state index contributed by atoms with van der Waals surface area (Å²) in [5.41, 5.74) is 0.458. The lowest BCUT2D eigenvalue weighted by atomic mass is 10.1. The van der Waals surface area contributed by atoms with Gasteiger partial charge in [0, 0.05) is 16.8 Å². The molecule has 0 bridgehead atoms. The van der Waals surface area contributed by atoms with E-state index in [0.717, 1.165) is 6.42 Å². The van der Waals surface area contributed by atoms with E-state index in [1.807, 2.05) is 6.92 Å². The summed E-state index contributed by atoms with van der Waals surface area (Å²) in [4.78, 5) is 24.4. The van der Waals surface area contributed by atoms with Crippen LogP contribution in [0.5, 0.6) is 0 Å². The maximum Gasteiger partial charge on any atom is 0.323 e. The first-order valence-corrected chi connectivity index (χ1v) is 7.22. The van der Waals surface area contributed by atoms with Crippen molar-refractivity contribution in [3.05, 3.63) is 29.3 Å². The second kappa shape index (κ2) is 7.88. The van der Waals surface area contributed by atoms with E-state index in [1.165, 1.54) is 4.90 Å². The van der Waals surface area contributed by atoms with Gasteiger partial charge in [-0.25, -0.2) is 4.79 Å². The van der Waals surface area contributed by atoms with E-state index in [4.69, 9.17) is 16.7 Å². The van der Waals surface area contributed by atoms with Crippen molar-refractivity contribution in [1.82, 2.24) is 5.32 Å². The summed E-state index contributed by atoms with van der Waals surface area (Å²) < 4.78 is 0. The third kappa shape index (κ3) is 6.04. The monoisotopic (exact) mass is 312 g/mol. The van der Waals surface area contributed by atoms with Gasteiger partial charge in [-0.15, -0.1) is 0 Å². The summed E-state index contributed by atoms with van der Waals surface area (Å²) in [6.07, 6.45) is 0.822. The minimum absolute atomic E-state index is 0.0343. The fourth-order valence-corrected chi connectivity index (χ4v) is 2.30. The zero-order valence-corrected chi connectivity index (χ0v) is 13.2. The van der Waals surface area contributed by atoms with Gasteiger partial charge in [0.1, 0.15) is 6.54 Å². The maximum atomic E-state index is 12.3. The minimum Gasteiger partial charge on any atom is -0.480 e. The fourth-order valence-electron chi connectivity index (χ4n) is 2.11. The summed E-state index contributed by atoms with van der Waals surface area (Å²) in [5, 5.41) is 12.3. The first-order chi connectivity index (χ1) is 9.79. The highest BCUT2D eigenvalue weighted by molar-refractivity contribution is 6.30. The molecule has 0 radical (unpaired) electrons. The van der Waals surface area contributed by atoms with Crippen LogP contribution in [0.25, 0.3) is 0 Å². The number of carbonyl (C=O) groups excluding carboxylic acids is 1. The van der Waals surface area contributed by atoms with Gasteiger partial charge in [0.05, 0.1) is 0 Å². The van der Waals surface area contributed by atoms with Gasteiger partial charge in [-0.2, -0.15) is 0 Å². The highest BCUT2D eigenvalue weighted by Gasteiger charge is 2.20. The van der Waals surface area contributed by atoms with Crippen LogP contribution in [0.4, 0.5) is 10.5 Å². The van der Waals surface area contributed by atoms with Crippen LogP contribution in [-0.4, -0.2) is 29.7 Å². The van der Waals surface area contributed by atoms with Crippen molar-refractivity contribution in [3.8, 4) is 0 Å². The number of benzene rings is 1. The number of carboxylic acid groups (broad SMARTS) is 1. The second-order valence-corrected chi connectivity index (χ2v) is 5.88. The molecule has 0 aliphatic carbocycles. The molecular formula is C15H21ClN2O3. The normalized spacial score (nSPS) is 12.0. The number of hydrogen-bond acceptors (Lipinski definition) is 2. The van der Waals surface area contributed by atoms with Crippen molar-refractivity contribution < 1.29 is 14.7 Å². The van der Waals surface area contributed by atoms with Crippen LogP contribution in [0.2, 0.25) is 5.02 Å². The molecular weight excluding hydrogens is 292 g/mol. The predicted octanol–water partition coefficient (Wildman–Crippen LogP) is 3.38. The van der Waals surface area contributed by atoms with Crippen molar-refractivity contribution >= 4 is 29.3 Å². The van der Waals surface area contributed by atoms with Crippen LogP contribution >= 0.6 is 11.6 Å². The van der Waals surface area contributed by atoms with E-state index in [0.29, 0.717) is 16.6 Å². The Labute approximate surface area is 129 Å². The molecule has 1 aromatic rings. The number of aliphatic carboxylic acids is 1. The van der Waals surface area contributed by atoms with Crippen LogP contribution in [0.1, 0.15) is 27.2 Å². The minimum atomic E-state index is -1.08. The molecule has 2 amide bonds. The molecule has 0 aliphatic rings. The molecule has 5 nitrogen and oxygen atoms in total. The Morgan fingerprint density at radius 2 is 2.00 bits per heavy atom. The molecule has 1 atom stereocenters. The summed E-state index contributed by atoms with van der Waals surface area (Å²) >= 11 is 5.90. The van der Waals surface area contributed by atoms with E-state index in [-0.39, 0.29) is 6.04 Å². The lowest BCUT2D eigenvalue weighted by Crippen LogP contribution is -2.46. The summed E-state index contributed by atoms with van der Waals surface area (Å²) in [7, 11) is 0. The van der Waals surface area contributed by atoms with Gasteiger partial charge in [0.2, 0.25) is 0 Å². The number of urea groups is 1. The Bertz CT molecular complexity index is 505. The van der Waals surface area contributed by atoms with E-state index < -0.39 is 18.5 Å². The van der Waals surface area contributed by atoms with Gasteiger partial charge < -0.3 is 10.4 Å². The van der Waals surface area contributed by atoms with Gasteiger partial charge in [-0.05, 0) is 37.5 Å². The maximum absolute atomic E-state index is 12.3. The van der Waals surface area contributed by atoms with E-state index >= 15 is 0 Å². The molecule has 0 aromatic heterocycles. The third-order valence-corrected chi connectivity index (χ3v) is 3.09. The van der Waals surface area contributed by atoms with Crippen molar-refractivity contribution in [1.29, 1.82) is 0 Å². The van der Waals surface area contributed by atoms with E-state index in [1.54, 1.807) is 24.3 Å². The van der Waals surface area contributed by atoms with E-state index in [2.05, 4.69) is 19.2 Å². The Kier molecular flexibility index (Phi) is 6.49. The average Bonchev–Trinajstić information content (AvgIpc) is 2.34. The molecule has 6 heteroatoms. The van der Waals surface area contributed by atoms with Crippen LogP contribution < -0.4 is 10.2 Å². The van der Waals surface area contributed by atoms with E-state index in [9.17, 15) is 9.59 Å². The molecule has 2 N–H and O–H groups in total.